The number of anilines is 1. The molecule has 1 aliphatic heterocycles. The van der Waals surface area contributed by atoms with Crippen LogP contribution in [0.5, 0.6) is 11.5 Å². The zero-order chi connectivity index (χ0) is 15.4. The zero-order valence-electron chi connectivity index (χ0n) is 12.5. The maximum atomic E-state index is 11.3. The first kappa shape index (κ1) is 14.4. The van der Waals surface area contributed by atoms with Crippen LogP contribution in [0.2, 0.25) is 0 Å². The van der Waals surface area contributed by atoms with Gasteiger partial charge in [-0.05, 0) is 37.1 Å². The van der Waals surface area contributed by atoms with Crippen LogP contribution in [0.4, 0.5) is 5.69 Å². The van der Waals surface area contributed by atoms with Gasteiger partial charge in [0.05, 0.1) is 12.4 Å². The number of amides is 1. The molecule has 2 aromatic rings. The van der Waals surface area contributed by atoms with Crippen LogP contribution in [0, 0.1) is 0 Å². The van der Waals surface area contributed by atoms with E-state index in [-0.39, 0.29) is 5.91 Å². The van der Waals surface area contributed by atoms with Crippen LogP contribution in [-0.2, 0) is 17.8 Å². The van der Waals surface area contributed by atoms with Gasteiger partial charge in [-0.25, -0.2) is 0 Å². The van der Waals surface area contributed by atoms with E-state index < -0.39 is 0 Å². The lowest BCUT2D eigenvalue weighted by atomic mass is 10.0. The molecule has 22 heavy (non-hydrogen) atoms. The van der Waals surface area contributed by atoms with Crippen LogP contribution in [-0.4, -0.2) is 28.9 Å². The quantitative estimate of drug-likeness (QED) is 0.831. The first-order valence-corrected chi connectivity index (χ1v) is 7.45. The summed E-state index contributed by atoms with van der Waals surface area (Å²) >= 11 is 0. The van der Waals surface area contributed by atoms with Gasteiger partial charge in [-0.2, -0.15) is 5.10 Å². The van der Waals surface area contributed by atoms with Crippen LogP contribution in [0.25, 0.3) is 0 Å². The van der Waals surface area contributed by atoms with E-state index in [9.17, 15) is 4.79 Å². The highest BCUT2D eigenvalue weighted by Gasteiger charge is 2.14. The fourth-order valence-corrected chi connectivity index (χ4v) is 2.36. The van der Waals surface area contributed by atoms with Gasteiger partial charge >= 0.3 is 0 Å². The van der Waals surface area contributed by atoms with Crippen molar-refractivity contribution in [1.29, 1.82) is 0 Å². The topological polar surface area (TPSA) is 65.4 Å². The van der Waals surface area contributed by atoms with E-state index in [2.05, 4.69) is 10.4 Å². The van der Waals surface area contributed by atoms with Gasteiger partial charge in [0, 0.05) is 18.7 Å². The van der Waals surface area contributed by atoms with Gasteiger partial charge in [0.1, 0.15) is 19.0 Å². The summed E-state index contributed by atoms with van der Waals surface area (Å²) in [6.07, 6.45) is 4.85. The molecule has 0 fully saturated rings. The summed E-state index contributed by atoms with van der Waals surface area (Å²) in [5, 5.41) is 7.00. The van der Waals surface area contributed by atoms with E-state index in [1.165, 1.54) is 0 Å². The molecule has 0 bridgehead atoms. The van der Waals surface area contributed by atoms with Gasteiger partial charge in [0.2, 0.25) is 5.91 Å². The molecule has 1 aromatic carbocycles. The molecule has 0 saturated heterocycles. The van der Waals surface area contributed by atoms with Crippen molar-refractivity contribution in [3.63, 3.8) is 0 Å². The highest BCUT2D eigenvalue weighted by Crippen LogP contribution is 2.26. The predicted molar refractivity (Wildman–Crippen MR) is 82.3 cm³/mol. The molecule has 3 rings (SSSR count). The lowest BCUT2D eigenvalue weighted by Gasteiger charge is -2.17. The minimum atomic E-state index is 0.0715. The van der Waals surface area contributed by atoms with Gasteiger partial charge in [-0.1, -0.05) is 0 Å². The zero-order valence-corrected chi connectivity index (χ0v) is 12.5. The van der Waals surface area contributed by atoms with Crippen molar-refractivity contribution in [2.45, 2.75) is 26.3 Å². The summed E-state index contributed by atoms with van der Waals surface area (Å²) in [6, 6.07) is 5.72. The van der Waals surface area contributed by atoms with Gasteiger partial charge in [-0.15, -0.1) is 0 Å². The van der Waals surface area contributed by atoms with Gasteiger partial charge in [0.15, 0.2) is 5.75 Å². The maximum absolute atomic E-state index is 11.3. The minimum Gasteiger partial charge on any atom is -0.490 e. The SMILES string of the molecule is CCn1cc(OCCOc2ccc3c(c2)CCC(=O)N3)cn1. The predicted octanol–water partition coefficient (Wildman–Crippen LogP) is 2.25. The van der Waals surface area contributed by atoms with Crippen molar-refractivity contribution in [2.24, 2.45) is 0 Å². The number of fused-ring (bicyclic) bond motifs is 1. The van der Waals surface area contributed by atoms with Crippen LogP contribution in [0.1, 0.15) is 18.9 Å². The summed E-state index contributed by atoms with van der Waals surface area (Å²) in [5.41, 5.74) is 1.99. The second kappa shape index (κ2) is 6.51. The molecule has 2 heterocycles. The first-order chi connectivity index (χ1) is 10.7. The molecule has 6 heteroatoms. The molecule has 1 amide bonds. The Morgan fingerprint density at radius 3 is 2.82 bits per heavy atom. The van der Waals surface area contributed by atoms with Crippen LogP contribution in [0.3, 0.4) is 0 Å². The molecular weight excluding hydrogens is 282 g/mol. The van der Waals surface area contributed by atoms with Crippen molar-refractivity contribution in [3.05, 3.63) is 36.2 Å². The summed E-state index contributed by atoms with van der Waals surface area (Å²) in [6.45, 7) is 3.77. The number of benzene rings is 1. The number of hydrogen-bond donors (Lipinski definition) is 1. The van der Waals surface area contributed by atoms with E-state index in [4.69, 9.17) is 9.47 Å². The smallest absolute Gasteiger partial charge is 0.224 e. The van der Waals surface area contributed by atoms with Crippen LogP contribution in [0.15, 0.2) is 30.6 Å². The van der Waals surface area contributed by atoms with Crippen molar-refractivity contribution < 1.29 is 14.3 Å². The molecule has 6 nitrogen and oxygen atoms in total. The van der Waals surface area contributed by atoms with Gasteiger partial charge in [-0.3, -0.25) is 9.48 Å². The molecule has 0 radical (unpaired) electrons. The monoisotopic (exact) mass is 301 g/mol. The Hall–Kier alpha value is -2.50. The third-order valence-corrected chi connectivity index (χ3v) is 3.53. The molecule has 1 aliphatic rings. The number of hydrogen-bond acceptors (Lipinski definition) is 4. The highest BCUT2D eigenvalue weighted by atomic mass is 16.5. The Kier molecular flexibility index (Phi) is 4.27. The third kappa shape index (κ3) is 3.39. The molecule has 0 atom stereocenters. The fraction of sp³-hybridized carbons (Fsp3) is 0.375. The van der Waals surface area contributed by atoms with E-state index in [1.807, 2.05) is 36.0 Å². The Balaban J connectivity index is 1.48. The molecule has 0 aliphatic carbocycles. The normalized spacial score (nSPS) is 13.4. The first-order valence-electron chi connectivity index (χ1n) is 7.45. The molecule has 116 valence electrons. The molecule has 1 aromatic heterocycles. The number of ether oxygens (including phenoxy) is 2. The highest BCUT2D eigenvalue weighted by molar-refractivity contribution is 5.93. The molecule has 1 N–H and O–H groups in total. The fourth-order valence-electron chi connectivity index (χ4n) is 2.36. The second-order valence-electron chi connectivity index (χ2n) is 5.10. The molecule has 0 unspecified atom stereocenters. The lowest BCUT2D eigenvalue weighted by molar-refractivity contribution is -0.116. The number of carbonyl (C=O) groups is 1. The summed E-state index contributed by atoms with van der Waals surface area (Å²) in [7, 11) is 0. The average Bonchev–Trinajstić information content (AvgIpc) is 2.99. The standard InChI is InChI=1S/C16H19N3O3/c1-2-19-11-14(10-17-19)22-8-7-21-13-4-5-15-12(9-13)3-6-16(20)18-15/h4-5,9-11H,2-3,6-8H2,1H3,(H,18,20). The Morgan fingerprint density at radius 1 is 1.23 bits per heavy atom. The average molecular weight is 301 g/mol. The van der Waals surface area contributed by atoms with E-state index in [1.54, 1.807) is 6.20 Å². The summed E-state index contributed by atoms with van der Waals surface area (Å²) < 4.78 is 13.1. The van der Waals surface area contributed by atoms with Crippen molar-refractivity contribution in [3.8, 4) is 11.5 Å². The van der Waals surface area contributed by atoms with Crippen LogP contribution < -0.4 is 14.8 Å². The molecule has 0 saturated carbocycles. The number of aromatic nitrogens is 2. The molecule has 0 spiro atoms. The van der Waals surface area contributed by atoms with E-state index in [0.717, 1.165) is 35.7 Å². The second-order valence-corrected chi connectivity index (χ2v) is 5.10. The van der Waals surface area contributed by atoms with Crippen LogP contribution >= 0.6 is 0 Å². The number of carbonyl (C=O) groups excluding carboxylic acids is 1. The Morgan fingerprint density at radius 2 is 2.05 bits per heavy atom. The van der Waals surface area contributed by atoms with Gasteiger partial charge < -0.3 is 14.8 Å². The summed E-state index contributed by atoms with van der Waals surface area (Å²) in [4.78, 5) is 11.3. The largest absolute Gasteiger partial charge is 0.490 e. The minimum absolute atomic E-state index is 0.0715. The van der Waals surface area contributed by atoms with Crippen molar-refractivity contribution in [1.82, 2.24) is 9.78 Å². The van der Waals surface area contributed by atoms with Gasteiger partial charge in [0.25, 0.3) is 0 Å². The van der Waals surface area contributed by atoms with E-state index >= 15 is 0 Å². The van der Waals surface area contributed by atoms with E-state index in [0.29, 0.717) is 19.6 Å². The molecular formula is C16H19N3O3. The lowest BCUT2D eigenvalue weighted by Crippen LogP contribution is -2.19. The number of aryl methyl sites for hydroxylation is 2. The number of nitrogens with zero attached hydrogens (tertiary/aromatic N) is 2. The maximum Gasteiger partial charge on any atom is 0.224 e. The Labute approximate surface area is 129 Å². The number of nitrogens with one attached hydrogen (secondary N) is 1. The van der Waals surface area contributed by atoms with Crippen molar-refractivity contribution >= 4 is 11.6 Å². The third-order valence-electron chi connectivity index (χ3n) is 3.53. The number of rotatable bonds is 6. The van der Waals surface area contributed by atoms with Crippen molar-refractivity contribution in [2.75, 3.05) is 18.5 Å². The summed E-state index contributed by atoms with van der Waals surface area (Å²) in [5.74, 6) is 1.61. The Bertz CT molecular complexity index is 666.